The number of halogens is 1. The summed E-state index contributed by atoms with van der Waals surface area (Å²) in [5.41, 5.74) is 4.96. The van der Waals surface area contributed by atoms with Gasteiger partial charge in [-0.15, -0.1) is 0 Å². The maximum atomic E-state index is 6.30. The zero-order valence-electron chi connectivity index (χ0n) is 18.3. The molecule has 1 N–H and O–H groups in total. The number of hydrogen-bond acceptors (Lipinski definition) is 3. The molecule has 2 aromatic heterocycles. The number of nitrogens with zero attached hydrogens (tertiary/aromatic N) is 3. The quantitative estimate of drug-likeness (QED) is 0.358. The first-order valence-corrected chi connectivity index (χ1v) is 11.4. The largest absolute Gasteiger partial charge is 0.495 e. The van der Waals surface area contributed by atoms with E-state index in [-0.39, 0.29) is 12.1 Å². The standard InChI is InChI=1S/C26H23ClN4OS/c1-17-16-18(12-13-19(17)27)30-15-7-10-22(30)25-24(20-8-5-6-14-28-20)29-26(33)31(25)21-9-3-4-11-23(21)32-2/h3-16,24-25H,1-2H3,(H,29,33)/t24-,25+/m0/s1. The van der Waals surface area contributed by atoms with Gasteiger partial charge in [-0.1, -0.05) is 29.8 Å². The highest BCUT2D eigenvalue weighted by Crippen LogP contribution is 2.44. The molecule has 0 radical (unpaired) electrons. The van der Waals surface area contributed by atoms with E-state index in [2.05, 4.69) is 44.2 Å². The normalized spacial score (nSPS) is 17.8. The Balaban J connectivity index is 1.69. The van der Waals surface area contributed by atoms with E-state index in [1.54, 1.807) is 7.11 Å². The number of thiocarbonyl (C=S) groups is 1. The number of methoxy groups -OCH3 is 1. The van der Waals surface area contributed by atoms with Gasteiger partial charge in [-0.2, -0.15) is 0 Å². The summed E-state index contributed by atoms with van der Waals surface area (Å²) in [6.45, 7) is 2.01. The number of aromatic nitrogens is 2. The monoisotopic (exact) mass is 474 g/mol. The van der Waals surface area contributed by atoms with Crippen LogP contribution in [0, 0.1) is 6.92 Å². The smallest absolute Gasteiger partial charge is 0.174 e. The lowest BCUT2D eigenvalue weighted by Gasteiger charge is -2.30. The predicted octanol–water partition coefficient (Wildman–Crippen LogP) is 6.02. The molecule has 2 atom stereocenters. The molecule has 0 spiro atoms. The van der Waals surface area contributed by atoms with Crippen molar-refractivity contribution in [1.29, 1.82) is 0 Å². The Kier molecular flexibility index (Phi) is 5.79. The van der Waals surface area contributed by atoms with E-state index >= 15 is 0 Å². The first kappa shape index (κ1) is 21.5. The lowest BCUT2D eigenvalue weighted by atomic mass is 10.0. The molecule has 1 fully saturated rings. The molecule has 0 bridgehead atoms. The van der Waals surface area contributed by atoms with E-state index in [1.807, 2.05) is 67.7 Å². The third-order valence-electron chi connectivity index (χ3n) is 5.95. The molecule has 0 aliphatic carbocycles. The van der Waals surface area contributed by atoms with Gasteiger partial charge in [0.05, 0.1) is 24.5 Å². The van der Waals surface area contributed by atoms with Gasteiger partial charge in [-0.05, 0) is 79.3 Å². The Bertz CT molecular complexity index is 1310. The van der Waals surface area contributed by atoms with Crippen molar-refractivity contribution in [2.24, 2.45) is 0 Å². The maximum Gasteiger partial charge on any atom is 0.174 e. The number of aryl methyl sites for hydroxylation is 1. The Morgan fingerprint density at radius 1 is 1.03 bits per heavy atom. The van der Waals surface area contributed by atoms with Crippen LogP contribution in [0.4, 0.5) is 5.69 Å². The summed E-state index contributed by atoms with van der Waals surface area (Å²) in [5.74, 6) is 0.758. The first-order chi connectivity index (χ1) is 16.1. The van der Waals surface area contributed by atoms with Crippen LogP contribution in [0.1, 0.15) is 29.0 Å². The van der Waals surface area contributed by atoms with Crippen molar-refractivity contribution in [3.05, 3.63) is 107 Å². The third-order valence-corrected chi connectivity index (χ3v) is 6.68. The van der Waals surface area contributed by atoms with Crippen molar-refractivity contribution in [1.82, 2.24) is 14.9 Å². The van der Waals surface area contributed by atoms with Crippen LogP contribution in [0.2, 0.25) is 5.02 Å². The van der Waals surface area contributed by atoms with Crippen molar-refractivity contribution in [3.63, 3.8) is 0 Å². The van der Waals surface area contributed by atoms with Gasteiger partial charge in [0.15, 0.2) is 5.11 Å². The predicted molar refractivity (Wildman–Crippen MR) is 136 cm³/mol. The number of rotatable bonds is 5. The molecule has 1 aliphatic heterocycles. The number of para-hydroxylation sites is 2. The van der Waals surface area contributed by atoms with Gasteiger partial charge >= 0.3 is 0 Å². The third kappa shape index (κ3) is 3.86. The molecule has 2 aromatic carbocycles. The van der Waals surface area contributed by atoms with Crippen LogP contribution < -0.4 is 15.0 Å². The minimum Gasteiger partial charge on any atom is -0.495 e. The molecule has 0 saturated carbocycles. The summed E-state index contributed by atoms with van der Waals surface area (Å²) in [5, 5.41) is 4.89. The lowest BCUT2D eigenvalue weighted by Crippen LogP contribution is -2.30. The van der Waals surface area contributed by atoms with Gasteiger partial charge in [0.25, 0.3) is 0 Å². The van der Waals surface area contributed by atoms with E-state index in [9.17, 15) is 0 Å². The molecule has 4 aromatic rings. The fraction of sp³-hybridized carbons (Fsp3) is 0.154. The van der Waals surface area contributed by atoms with E-state index in [0.29, 0.717) is 5.11 Å². The van der Waals surface area contributed by atoms with Crippen LogP contribution >= 0.6 is 23.8 Å². The minimum absolute atomic E-state index is 0.148. The van der Waals surface area contributed by atoms with E-state index in [4.69, 9.17) is 28.6 Å². The first-order valence-electron chi connectivity index (χ1n) is 10.7. The summed E-state index contributed by atoms with van der Waals surface area (Å²) >= 11 is 12.2. The highest BCUT2D eigenvalue weighted by atomic mass is 35.5. The van der Waals surface area contributed by atoms with Crippen LogP contribution in [-0.2, 0) is 0 Å². The Hall–Kier alpha value is -3.35. The van der Waals surface area contributed by atoms with Crippen LogP contribution in [-0.4, -0.2) is 21.8 Å². The molecule has 1 saturated heterocycles. The number of nitrogens with one attached hydrogen (secondary N) is 1. The van der Waals surface area contributed by atoms with E-state index < -0.39 is 0 Å². The average molecular weight is 475 g/mol. The zero-order chi connectivity index (χ0) is 22.9. The second kappa shape index (κ2) is 8.89. The van der Waals surface area contributed by atoms with Crippen molar-refractivity contribution in [2.75, 3.05) is 12.0 Å². The van der Waals surface area contributed by atoms with Crippen molar-refractivity contribution >= 4 is 34.6 Å². The number of anilines is 1. The summed E-state index contributed by atoms with van der Waals surface area (Å²) in [6.07, 6.45) is 3.87. The highest BCUT2D eigenvalue weighted by molar-refractivity contribution is 7.80. The average Bonchev–Trinajstić information content (AvgIpc) is 3.45. The summed E-state index contributed by atoms with van der Waals surface area (Å²) in [7, 11) is 1.68. The second-order valence-corrected chi connectivity index (χ2v) is 8.70. The maximum absolute atomic E-state index is 6.30. The van der Waals surface area contributed by atoms with E-state index in [1.165, 1.54) is 0 Å². The van der Waals surface area contributed by atoms with Gasteiger partial charge < -0.3 is 19.5 Å². The molecule has 5 rings (SSSR count). The Morgan fingerprint density at radius 2 is 1.85 bits per heavy atom. The Labute approximate surface area is 203 Å². The number of ether oxygens (including phenoxy) is 1. The number of benzene rings is 2. The number of pyridine rings is 1. The fourth-order valence-corrected chi connectivity index (χ4v) is 4.85. The molecule has 33 heavy (non-hydrogen) atoms. The van der Waals surface area contributed by atoms with Gasteiger partial charge in [-0.3, -0.25) is 4.98 Å². The van der Waals surface area contributed by atoms with Crippen molar-refractivity contribution in [3.8, 4) is 11.4 Å². The van der Waals surface area contributed by atoms with Crippen molar-refractivity contribution < 1.29 is 4.74 Å². The second-order valence-electron chi connectivity index (χ2n) is 7.90. The zero-order valence-corrected chi connectivity index (χ0v) is 19.8. The molecule has 7 heteroatoms. The van der Waals surface area contributed by atoms with Crippen LogP contribution in [0.15, 0.2) is 85.2 Å². The van der Waals surface area contributed by atoms with Crippen LogP contribution in [0.25, 0.3) is 5.69 Å². The molecular formula is C26H23ClN4OS. The van der Waals surface area contributed by atoms with Gasteiger partial charge in [-0.25, -0.2) is 0 Å². The summed E-state index contributed by atoms with van der Waals surface area (Å²) in [6, 6.07) is 23.8. The highest BCUT2D eigenvalue weighted by Gasteiger charge is 2.43. The van der Waals surface area contributed by atoms with Crippen LogP contribution in [0.5, 0.6) is 5.75 Å². The van der Waals surface area contributed by atoms with Crippen LogP contribution in [0.3, 0.4) is 0 Å². The molecule has 166 valence electrons. The summed E-state index contributed by atoms with van der Waals surface area (Å²) < 4.78 is 7.87. The SMILES string of the molecule is COc1ccccc1N1C(=S)N[C@@H](c2ccccn2)[C@H]1c1cccn1-c1ccc(Cl)c(C)c1. The molecule has 1 aliphatic rings. The minimum atomic E-state index is -0.158. The molecule has 3 heterocycles. The Morgan fingerprint density at radius 3 is 2.61 bits per heavy atom. The van der Waals surface area contributed by atoms with Gasteiger partial charge in [0.1, 0.15) is 11.8 Å². The molecule has 0 amide bonds. The number of hydrogen-bond donors (Lipinski definition) is 1. The fourth-order valence-electron chi connectivity index (χ4n) is 4.39. The lowest BCUT2D eigenvalue weighted by molar-refractivity contribution is 0.414. The van der Waals surface area contributed by atoms with E-state index in [0.717, 1.165) is 39.1 Å². The van der Waals surface area contributed by atoms with Crippen molar-refractivity contribution in [2.45, 2.75) is 19.0 Å². The molecular weight excluding hydrogens is 452 g/mol. The topological polar surface area (TPSA) is 42.3 Å². The van der Waals surface area contributed by atoms with Gasteiger partial charge in [0, 0.05) is 28.8 Å². The van der Waals surface area contributed by atoms with Gasteiger partial charge in [0.2, 0.25) is 0 Å². The molecule has 0 unspecified atom stereocenters. The summed E-state index contributed by atoms with van der Waals surface area (Å²) in [4.78, 5) is 6.77. The molecule has 5 nitrogen and oxygen atoms in total.